The number of hydrogen-bond acceptors (Lipinski definition) is 9. The fourth-order valence-electron chi connectivity index (χ4n) is 6.27. The lowest BCUT2D eigenvalue weighted by Crippen LogP contribution is -2.28. The highest BCUT2D eigenvalue weighted by Crippen LogP contribution is 2.36. The number of carboxylic acid groups (broad SMARTS) is 1. The Bertz CT molecular complexity index is 1640. The second-order valence-corrected chi connectivity index (χ2v) is 12.4. The van der Waals surface area contributed by atoms with Crippen LogP contribution in [0.15, 0.2) is 54.7 Å². The van der Waals surface area contributed by atoms with Crippen molar-refractivity contribution in [2.75, 3.05) is 63.2 Å². The molecule has 1 aromatic carbocycles. The summed E-state index contributed by atoms with van der Waals surface area (Å²) in [7, 11) is 3.62. The third kappa shape index (κ3) is 7.25. The average molecular weight is 614 g/mol. The normalized spacial score (nSPS) is 19.6. The maximum atomic E-state index is 11.2. The predicted molar refractivity (Wildman–Crippen MR) is 175 cm³/mol. The van der Waals surface area contributed by atoms with Crippen LogP contribution in [-0.4, -0.2) is 95.3 Å². The van der Waals surface area contributed by atoms with Crippen LogP contribution in [-0.2, 0) is 5.41 Å². The van der Waals surface area contributed by atoms with Crippen molar-refractivity contribution in [3.05, 3.63) is 77.2 Å². The van der Waals surface area contributed by atoms with Crippen molar-refractivity contribution in [3.8, 4) is 5.88 Å². The molecule has 0 aliphatic carbocycles. The van der Waals surface area contributed by atoms with E-state index in [9.17, 15) is 9.59 Å². The summed E-state index contributed by atoms with van der Waals surface area (Å²) >= 11 is 0. The number of methoxy groups -OCH3 is 1. The van der Waals surface area contributed by atoms with Crippen molar-refractivity contribution in [3.63, 3.8) is 0 Å². The van der Waals surface area contributed by atoms with Gasteiger partial charge in [0.1, 0.15) is 5.82 Å². The summed E-state index contributed by atoms with van der Waals surface area (Å²) in [5.41, 5.74) is 4.65. The van der Waals surface area contributed by atoms with Gasteiger partial charge in [0, 0.05) is 44.2 Å². The van der Waals surface area contributed by atoms with Crippen molar-refractivity contribution in [1.82, 2.24) is 24.5 Å². The summed E-state index contributed by atoms with van der Waals surface area (Å²) in [6.07, 6.45) is 4.88. The second kappa shape index (κ2) is 13.6. The highest BCUT2D eigenvalue weighted by molar-refractivity contribution is 5.89. The fraction of sp³-hybridized carbons (Fsp3) is 0.441. The Balaban J connectivity index is 0.000000180. The summed E-state index contributed by atoms with van der Waals surface area (Å²) in [6, 6.07) is 15.9. The van der Waals surface area contributed by atoms with Gasteiger partial charge in [0.15, 0.2) is 11.9 Å². The van der Waals surface area contributed by atoms with E-state index in [2.05, 4.69) is 87.1 Å². The van der Waals surface area contributed by atoms with Gasteiger partial charge in [0.2, 0.25) is 11.7 Å². The lowest BCUT2D eigenvalue weighted by atomic mass is 9.82. The molecule has 2 aliphatic rings. The highest BCUT2D eigenvalue weighted by Gasteiger charge is 2.35. The molecule has 1 unspecified atom stereocenters. The van der Waals surface area contributed by atoms with Crippen LogP contribution in [0.4, 0.5) is 11.5 Å². The molecule has 11 heteroatoms. The van der Waals surface area contributed by atoms with Gasteiger partial charge in [0.25, 0.3) is 0 Å². The van der Waals surface area contributed by atoms with Gasteiger partial charge in [0.05, 0.1) is 24.6 Å². The van der Waals surface area contributed by atoms with Crippen LogP contribution in [0.3, 0.4) is 0 Å². The van der Waals surface area contributed by atoms with E-state index in [4.69, 9.17) is 9.84 Å². The Labute approximate surface area is 264 Å². The molecular weight excluding hydrogens is 570 g/mol. The van der Waals surface area contributed by atoms with Crippen molar-refractivity contribution in [2.24, 2.45) is 5.92 Å². The van der Waals surface area contributed by atoms with Gasteiger partial charge in [-0.25, -0.2) is 14.3 Å². The van der Waals surface area contributed by atoms with Crippen molar-refractivity contribution >= 4 is 29.4 Å². The number of aromatic nitrogens is 4. The number of aryl methyl sites for hydroxylation is 1. The topological polar surface area (TPSA) is 116 Å². The van der Waals surface area contributed by atoms with Crippen LogP contribution in [0.2, 0.25) is 0 Å². The first-order valence-electron chi connectivity index (χ1n) is 15.5. The molecule has 0 spiro atoms. The summed E-state index contributed by atoms with van der Waals surface area (Å²) in [5.74, 6) is 0.896. The van der Waals surface area contributed by atoms with Gasteiger partial charge in [-0.05, 0) is 62.5 Å². The van der Waals surface area contributed by atoms with Crippen molar-refractivity contribution in [2.45, 2.75) is 39.0 Å². The van der Waals surface area contributed by atoms with E-state index < -0.39 is 5.97 Å². The molecule has 0 bridgehead atoms. The van der Waals surface area contributed by atoms with Gasteiger partial charge in [-0.15, -0.1) is 5.10 Å². The largest absolute Gasteiger partial charge is 0.481 e. The van der Waals surface area contributed by atoms with E-state index in [1.807, 2.05) is 13.1 Å². The van der Waals surface area contributed by atoms with E-state index in [-0.39, 0.29) is 16.8 Å². The molecule has 11 nitrogen and oxygen atoms in total. The molecule has 0 saturated carbocycles. The molecule has 3 aromatic heterocycles. The second-order valence-electron chi connectivity index (χ2n) is 12.4. The van der Waals surface area contributed by atoms with Gasteiger partial charge >= 0.3 is 5.97 Å². The number of rotatable bonds is 9. The molecule has 4 aromatic rings. The molecule has 238 valence electrons. The standard InChI is InChI=1S/C19H20N4O.C15H23N3O3/c1-14-10-16(11-23-18(14)20-17(12-24)21-23)22-9-8-19(2,13-22)15-6-4-3-5-7-15;1-4-17(2)9-11-5-6-18(10-11)13-7-12(15(19)20)8-14(16-13)21-3/h3-7,10-12H,8-9,13H2,1-2H3;7-8,11H,4-6,9-10H2,1-3H3,(H,19,20)/t19-;/m0./s1. The number of pyridine rings is 2. The third-order valence-electron chi connectivity index (χ3n) is 9.00. The number of carbonyl (C=O) groups excluding carboxylic acids is 1. The Morgan fingerprint density at radius 3 is 2.62 bits per heavy atom. The summed E-state index contributed by atoms with van der Waals surface area (Å²) < 4.78 is 6.82. The first-order valence-corrected chi connectivity index (χ1v) is 15.5. The molecule has 2 atom stereocenters. The molecule has 2 aliphatic heterocycles. The number of benzene rings is 1. The number of nitrogens with zero attached hydrogens (tertiary/aromatic N) is 7. The fourth-order valence-corrected chi connectivity index (χ4v) is 6.27. The monoisotopic (exact) mass is 613 g/mol. The minimum Gasteiger partial charge on any atom is -0.481 e. The van der Waals surface area contributed by atoms with E-state index in [1.54, 1.807) is 10.6 Å². The number of fused-ring (bicyclic) bond motifs is 1. The summed E-state index contributed by atoms with van der Waals surface area (Å²) in [5, 5.41) is 13.4. The molecule has 2 fully saturated rings. The summed E-state index contributed by atoms with van der Waals surface area (Å²) in [6.45, 7) is 12.4. The number of hydrogen-bond donors (Lipinski definition) is 1. The van der Waals surface area contributed by atoms with Crippen LogP contribution < -0.4 is 14.5 Å². The Kier molecular flexibility index (Phi) is 9.67. The van der Waals surface area contributed by atoms with E-state index >= 15 is 0 Å². The Morgan fingerprint density at radius 2 is 1.93 bits per heavy atom. The molecule has 1 N–H and O–H groups in total. The molecule has 2 saturated heterocycles. The Hall–Kier alpha value is -4.51. The molecule has 0 amide bonds. The van der Waals surface area contributed by atoms with E-state index in [0.717, 1.165) is 69.0 Å². The first-order chi connectivity index (χ1) is 21.6. The van der Waals surface area contributed by atoms with E-state index in [1.165, 1.54) is 18.7 Å². The maximum Gasteiger partial charge on any atom is 0.336 e. The number of aldehydes is 1. The number of aromatic carboxylic acids is 1. The molecular formula is C34H43N7O4. The predicted octanol–water partition coefficient (Wildman–Crippen LogP) is 4.58. The molecule has 0 radical (unpaired) electrons. The van der Waals surface area contributed by atoms with Crippen molar-refractivity contribution < 1.29 is 19.4 Å². The highest BCUT2D eigenvalue weighted by atomic mass is 16.5. The minimum absolute atomic E-state index is 0.153. The van der Waals surface area contributed by atoms with Gasteiger partial charge in [-0.1, -0.05) is 44.2 Å². The van der Waals surface area contributed by atoms with E-state index in [0.29, 0.717) is 23.9 Å². The Morgan fingerprint density at radius 1 is 1.16 bits per heavy atom. The summed E-state index contributed by atoms with van der Waals surface area (Å²) in [4.78, 5) is 37.5. The van der Waals surface area contributed by atoms with Crippen LogP contribution in [0.25, 0.3) is 5.65 Å². The maximum absolute atomic E-state index is 11.2. The average Bonchev–Trinajstić information content (AvgIpc) is 3.80. The van der Waals surface area contributed by atoms with Gasteiger partial charge < -0.3 is 24.5 Å². The zero-order valence-corrected chi connectivity index (χ0v) is 26.8. The lowest BCUT2D eigenvalue weighted by molar-refractivity contribution is 0.0696. The third-order valence-corrected chi connectivity index (χ3v) is 9.00. The minimum atomic E-state index is -0.960. The zero-order chi connectivity index (χ0) is 32.1. The van der Waals surface area contributed by atoms with Gasteiger partial charge in [-0.3, -0.25) is 4.79 Å². The van der Waals surface area contributed by atoms with Crippen LogP contribution >= 0.6 is 0 Å². The first kappa shape index (κ1) is 31.9. The number of carbonyl (C=O) groups is 2. The molecule has 5 heterocycles. The van der Waals surface area contributed by atoms with Gasteiger partial charge in [-0.2, -0.15) is 4.98 Å². The van der Waals surface area contributed by atoms with Crippen LogP contribution in [0.5, 0.6) is 5.88 Å². The smallest absolute Gasteiger partial charge is 0.336 e. The van der Waals surface area contributed by atoms with Crippen LogP contribution in [0.1, 0.15) is 58.8 Å². The molecule has 6 rings (SSSR count). The molecule has 45 heavy (non-hydrogen) atoms. The lowest BCUT2D eigenvalue weighted by Gasteiger charge is -2.26. The van der Waals surface area contributed by atoms with Crippen LogP contribution in [0, 0.1) is 12.8 Å². The number of carboxylic acids is 1. The number of anilines is 2. The SMILES string of the molecule is CCN(C)CC1CCN(c2cc(C(=O)O)cc(OC)n2)C1.Cc1cc(N2CC[C@](C)(c3ccccc3)C2)cn2nc(C=O)nc12. The quantitative estimate of drug-likeness (QED) is 0.269. The number of ether oxygens (including phenoxy) is 1. The van der Waals surface area contributed by atoms with Crippen molar-refractivity contribution in [1.29, 1.82) is 0 Å². The zero-order valence-electron chi connectivity index (χ0n) is 26.8.